The summed E-state index contributed by atoms with van der Waals surface area (Å²) in [7, 11) is 0. The third-order valence-electron chi connectivity index (χ3n) is 5.31. The summed E-state index contributed by atoms with van der Waals surface area (Å²) in [5.41, 5.74) is 5.39. The zero-order chi connectivity index (χ0) is 27.0. The molecule has 0 unspecified atom stereocenters. The molecule has 0 atom stereocenters. The van der Waals surface area contributed by atoms with E-state index >= 15 is 0 Å². The first-order chi connectivity index (χ1) is 17.3. The average Bonchev–Trinajstić information content (AvgIpc) is 2.87. The minimum atomic E-state index is -0.528. The monoisotopic (exact) mass is 520 g/mol. The number of unbranched alkanes of at least 4 members (excludes halogenated alkanes) is 6. The van der Waals surface area contributed by atoms with Gasteiger partial charge in [0.15, 0.2) is 0 Å². The Kier molecular flexibility index (Phi) is 20.9. The van der Waals surface area contributed by atoms with Crippen molar-refractivity contribution in [3.63, 3.8) is 0 Å². The molecule has 0 aromatic heterocycles. The van der Waals surface area contributed by atoms with Crippen LogP contribution in [0.25, 0.3) is 0 Å². The normalized spacial score (nSPS) is 10.9. The number of hydroxylamine groups is 4. The molecule has 0 saturated carbocycles. The molecule has 13 heteroatoms. The summed E-state index contributed by atoms with van der Waals surface area (Å²) in [4.78, 5) is 47.3. The van der Waals surface area contributed by atoms with E-state index in [4.69, 9.17) is 10.9 Å². The quantitative estimate of drug-likeness (QED) is 0.0305. The number of nitrogens with two attached hydrogens (primary N) is 1. The molecule has 13 nitrogen and oxygen atoms in total. The van der Waals surface area contributed by atoms with Gasteiger partial charge in [-0.2, -0.15) is 0 Å². The summed E-state index contributed by atoms with van der Waals surface area (Å²) in [5.74, 6) is -1.57. The van der Waals surface area contributed by atoms with E-state index in [1.807, 2.05) is 0 Å². The summed E-state index contributed by atoms with van der Waals surface area (Å²) in [6, 6.07) is 0. The zero-order valence-electron chi connectivity index (χ0n) is 21.2. The molecule has 0 aliphatic heterocycles. The molecule has 0 heterocycles. The number of oxime groups is 1. The Labute approximate surface area is 213 Å². The van der Waals surface area contributed by atoms with Gasteiger partial charge in [0.2, 0.25) is 23.6 Å². The summed E-state index contributed by atoms with van der Waals surface area (Å²) in [6.45, 7) is 1.80. The number of carbonyl (C=O) groups is 4. The van der Waals surface area contributed by atoms with E-state index in [1.165, 1.54) is 6.21 Å². The lowest BCUT2D eigenvalue weighted by Crippen LogP contribution is -2.31. The highest BCUT2D eigenvalue weighted by molar-refractivity contribution is 5.83. The topological polar surface area (TPSA) is 198 Å². The lowest BCUT2D eigenvalue weighted by atomic mass is 10.2. The van der Waals surface area contributed by atoms with Crippen molar-refractivity contribution < 1.29 is 34.8 Å². The highest BCUT2D eigenvalue weighted by atomic mass is 16.5. The Balaban J connectivity index is 3.74. The van der Waals surface area contributed by atoms with Crippen molar-refractivity contribution in [3.8, 4) is 0 Å². The molecule has 7 N–H and O–H groups in total. The van der Waals surface area contributed by atoms with Crippen LogP contribution in [-0.2, 0) is 19.2 Å². The molecule has 0 rings (SSSR count). The molecule has 0 aromatic carbocycles. The van der Waals surface area contributed by atoms with Crippen LogP contribution >= 0.6 is 0 Å². The second-order valence-corrected chi connectivity index (χ2v) is 8.44. The van der Waals surface area contributed by atoms with Crippen LogP contribution in [0.15, 0.2) is 5.16 Å². The Hall–Kier alpha value is -2.77. The molecule has 0 spiro atoms. The number of rotatable bonds is 22. The minimum Gasteiger partial charge on any atom is -0.411 e. The van der Waals surface area contributed by atoms with Gasteiger partial charge < -0.3 is 21.6 Å². The van der Waals surface area contributed by atoms with E-state index in [-0.39, 0.29) is 50.6 Å². The van der Waals surface area contributed by atoms with Gasteiger partial charge in [-0.1, -0.05) is 6.42 Å². The number of nitrogens with zero attached hydrogens (tertiary/aromatic N) is 3. The van der Waals surface area contributed by atoms with Gasteiger partial charge in [0.1, 0.15) is 0 Å². The Morgan fingerprint density at radius 2 is 1.17 bits per heavy atom. The molecule has 208 valence electrons. The second kappa shape index (κ2) is 22.7. The van der Waals surface area contributed by atoms with Gasteiger partial charge in [0.05, 0.1) is 0 Å². The van der Waals surface area contributed by atoms with Gasteiger partial charge in [-0.05, 0) is 57.9 Å². The standard InChI is InChI=1S/C23H44N6O7/c24-14-4-1-8-18-28(35)22(32)12-11-21(31)26-16-6-3-9-19-29(36)23(33)13-10-20(30)25-15-5-2-7-17-27-34/h17,34-36H,1-16,18-19,24H2,(H,25,30)(H,26,31)/b27-17+/i20+1,21+1,22+1,23+1. The summed E-state index contributed by atoms with van der Waals surface area (Å²) in [5, 5.41) is 37.3. The summed E-state index contributed by atoms with van der Waals surface area (Å²) < 4.78 is 0. The fourth-order valence-corrected chi connectivity index (χ4v) is 3.15. The van der Waals surface area contributed by atoms with Gasteiger partial charge in [0, 0.05) is 58.1 Å². The first-order valence-corrected chi connectivity index (χ1v) is 12.7. The molecule has 0 aromatic rings. The molecule has 0 aliphatic carbocycles. The Morgan fingerprint density at radius 1 is 0.694 bits per heavy atom. The van der Waals surface area contributed by atoms with Crippen LogP contribution in [0.3, 0.4) is 0 Å². The predicted molar refractivity (Wildman–Crippen MR) is 132 cm³/mol. The number of hydrogen-bond donors (Lipinski definition) is 6. The average molecular weight is 521 g/mol. The van der Waals surface area contributed by atoms with E-state index in [0.717, 1.165) is 25.7 Å². The van der Waals surface area contributed by atoms with Crippen molar-refractivity contribution in [3.05, 3.63) is 0 Å². The Bertz CT molecular complexity index is 663. The van der Waals surface area contributed by atoms with Crippen LogP contribution in [0.4, 0.5) is 0 Å². The highest BCUT2D eigenvalue weighted by Gasteiger charge is 2.14. The third-order valence-corrected chi connectivity index (χ3v) is 5.31. The van der Waals surface area contributed by atoms with E-state index in [1.54, 1.807) is 0 Å². The predicted octanol–water partition coefficient (Wildman–Crippen LogP) is 1.14. The van der Waals surface area contributed by atoms with Crippen molar-refractivity contribution >= 4 is 29.8 Å². The van der Waals surface area contributed by atoms with Crippen LogP contribution in [0.5, 0.6) is 0 Å². The van der Waals surface area contributed by atoms with Crippen molar-refractivity contribution in [2.75, 3.05) is 32.7 Å². The largest absolute Gasteiger partial charge is 0.411 e. The maximum atomic E-state index is 11.9. The first kappa shape index (κ1) is 33.2. The second-order valence-electron chi connectivity index (χ2n) is 8.44. The highest BCUT2D eigenvalue weighted by Crippen LogP contribution is 2.03. The number of hydrogen-bond acceptors (Lipinski definition) is 9. The summed E-state index contributed by atoms with van der Waals surface area (Å²) in [6.07, 6.45) is 7.48. The van der Waals surface area contributed by atoms with Gasteiger partial charge in [-0.15, -0.1) is 5.16 Å². The van der Waals surface area contributed by atoms with Crippen molar-refractivity contribution in [1.29, 1.82) is 0 Å². The number of carbonyl (C=O) groups excluding carboxylic acids is 4. The van der Waals surface area contributed by atoms with Crippen molar-refractivity contribution in [2.45, 2.75) is 83.5 Å². The molecular weight excluding hydrogens is 476 g/mol. The van der Waals surface area contributed by atoms with E-state index in [2.05, 4.69) is 15.8 Å². The van der Waals surface area contributed by atoms with Gasteiger partial charge in [-0.3, -0.25) is 29.6 Å². The SMILES string of the molecule is NCCCCCN(O)[13C](=O)CC[13C](=O)NCCCCCN(O)[13C](=O)CC[13C](=O)NCCCC/C=N/O. The Morgan fingerprint density at radius 3 is 1.64 bits per heavy atom. The van der Waals surface area contributed by atoms with Crippen LogP contribution < -0.4 is 16.4 Å². The lowest BCUT2D eigenvalue weighted by Gasteiger charge is -2.15. The molecule has 4 amide bonds. The molecule has 0 bridgehead atoms. The maximum Gasteiger partial charge on any atom is 0.246 e. The smallest absolute Gasteiger partial charge is 0.246 e. The maximum absolute atomic E-state index is 11.9. The van der Waals surface area contributed by atoms with Gasteiger partial charge in [-0.25, -0.2) is 10.1 Å². The lowest BCUT2D eigenvalue weighted by molar-refractivity contribution is -0.166. The minimum absolute atomic E-state index is 0.00907. The van der Waals surface area contributed by atoms with Crippen LogP contribution in [-0.4, -0.2) is 88.3 Å². The van der Waals surface area contributed by atoms with Crippen LogP contribution in [0.2, 0.25) is 0 Å². The van der Waals surface area contributed by atoms with Crippen LogP contribution in [0, 0.1) is 0 Å². The number of nitrogens with one attached hydrogen (secondary N) is 2. The van der Waals surface area contributed by atoms with Crippen molar-refractivity contribution in [2.24, 2.45) is 10.9 Å². The van der Waals surface area contributed by atoms with E-state index < -0.39 is 11.8 Å². The fourth-order valence-electron chi connectivity index (χ4n) is 3.15. The molecule has 0 aliphatic rings. The van der Waals surface area contributed by atoms with Gasteiger partial charge in [0.25, 0.3) is 0 Å². The fraction of sp³-hybridized carbons (Fsp3) is 0.783. The third kappa shape index (κ3) is 19.5. The number of amides is 4. The van der Waals surface area contributed by atoms with Crippen LogP contribution in [0.1, 0.15) is 83.5 Å². The molecule has 36 heavy (non-hydrogen) atoms. The molecule has 0 saturated heterocycles. The van der Waals surface area contributed by atoms with Crippen molar-refractivity contribution in [1.82, 2.24) is 20.8 Å². The molecule has 0 radical (unpaired) electrons. The summed E-state index contributed by atoms with van der Waals surface area (Å²) >= 11 is 0. The van der Waals surface area contributed by atoms with Gasteiger partial charge >= 0.3 is 0 Å². The first-order valence-electron chi connectivity index (χ1n) is 12.7. The van der Waals surface area contributed by atoms with E-state index in [9.17, 15) is 29.6 Å². The zero-order valence-corrected chi connectivity index (χ0v) is 21.2. The molecule has 0 fully saturated rings. The van der Waals surface area contributed by atoms with E-state index in [0.29, 0.717) is 61.9 Å². The molecular formula is C23H44N6O7.